The molecule has 17 heavy (non-hydrogen) atoms. The van der Waals surface area contributed by atoms with E-state index >= 15 is 0 Å². The molecule has 1 heterocycles. The van der Waals surface area contributed by atoms with E-state index in [4.69, 9.17) is 5.11 Å². The van der Waals surface area contributed by atoms with E-state index in [1.54, 1.807) is 17.8 Å². The summed E-state index contributed by atoms with van der Waals surface area (Å²) >= 11 is 0. The Morgan fingerprint density at radius 2 is 2.24 bits per heavy atom. The zero-order valence-corrected chi connectivity index (χ0v) is 10.2. The van der Waals surface area contributed by atoms with Crippen molar-refractivity contribution in [2.24, 2.45) is 7.05 Å². The molecule has 6 nitrogen and oxygen atoms in total. The molecule has 0 aliphatic carbocycles. The molecule has 0 fully saturated rings. The zero-order chi connectivity index (χ0) is 13.1. The monoisotopic (exact) mass is 239 g/mol. The molecule has 1 aromatic heterocycles. The summed E-state index contributed by atoms with van der Waals surface area (Å²) in [6.45, 7) is 3.37. The number of carboxylic acids is 1. The third kappa shape index (κ3) is 3.05. The molecule has 1 aromatic rings. The molecule has 1 atom stereocenters. The van der Waals surface area contributed by atoms with Crippen molar-refractivity contribution in [1.82, 2.24) is 14.9 Å². The molecule has 0 saturated heterocycles. The molecule has 1 unspecified atom stereocenters. The lowest BCUT2D eigenvalue weighted by Gasteiger charge is -2.25. The van der Waals surface area contributed by atoms with Gasteiger partial charge in [-0.15, -0.1) is 0 Å². The highest BCUT2D eigenvalue weighted by Gasteiger charge is 2.34. The smallest absolute Gasteiger partial charge is 0.329 e. The Balaban J connectivity index is 2.81. The minimum absolute atomic E-state index is 0.219. The van der Waals surface area contributed by atoms with Gasteiger partial charge in [-0.3, -0.25) is 4.79 Å². The van der Waals surface area contributed by atoms with Crippen molar-refractivity contribution in [3.8, 4) is 0 Å². The summed E-state index contributed by atoms with van der Waals surface area (Å²) in [5, 5.41) is 11.6. The first-order valence-electron chi connectivity index (χ1n) is 5.43. The highest BCUT2D eigenvalue weighted by Crippen LogP contribution is 2.13. The van der Waals surface area contributed by atoms with Crippen LogP contribution in [-0.4, -0.2) is 32.1 Å². The van der Waals surface area contributed by atoms with Gasteiger partial charge in [0.15, 0.2) is 0 Å². The number of imidazole rings is 1. The highest BCUT2D eigenvalue weighted by atomic mass is 16.4. The summed E-state index contributed by atoms with van der Waals surface area (Å²) in [7, 11) is 1.74. The second-order valence-corrected chi connectivity index (χ2v) is 4.27. The van der Waals surface area contributed by atoms with Crippen LogP contribution in [-0.2, 0) is 11.8 Å². The van der Waals surface area contributed by atoms with Gasteiger partial charge >= 0.3 is 5.97 Å². The minimum atomic E-state index is -1.25. The number of aliphatic carboxylic acids is 1. The number of amides is 1. The van der Waals surface area contributed by atoms with Crippen molar-refractivity contribution >= 4 is 11.9 Å². The number of aromatic nitrogens is 2. The van der Waals surface area contributed by atoms with Crippen molar-refractivity contribution in [3.05, 3.63) is 18.2 Å². The van der Waals surface area contributed by atoms with E-state index in [1.165, 1.54) is 13.3 Å². The minimum Gasteiger partial charge on any atom is -0.480 e. The van der Waals surface area contributed by atoms with Crippen LogP contribution in [0.5, 0.6) is 0 Å². The fourth-order valence-electron chi connectivity index (χ4n) is 1.57. The molecule has 1 amide bonds. The summed E-state index contributed by atoms with van der Waals surface area (Å²) in [6, 6.07) is 0. The number of carbonyl (C=O) groups excluding carboxylic acids is 1. The second kappa shape index (κ2) is 4.99. The Morgan fingerprint density at radius 1 is 1.59 bits per heavy atom. The second-order valence-electron chi connectivity index (χ2n) is 4.27. The number of rotatable bonds is 5. The van der Waals surface area contributed by atoms with Crippen LogP contribution in [0.15, 0.2) is 12.5 Å². The Bertz CT molecular complexity index is 427. The van der Waals surface area contributed by atoms with Gasteiger partial charge in [0.25, 0.3) is 5.91 Å². The van der Waals surface area contributed by atoms with Gasteiger partial charge in [0.1, 0.15) is 11.2 Å². The lowest BCUT2D eigenvalue weighted by molar-refractivity contribution is -0.144. The van der Waals surface area contributed by atoms with Crippen LogP contribution >= 0.6 is 0 Å². The number of hydrogen-bond acceptors (Lipinski definition) is 3. The van der Waals surface area contributed by atoms with Crippen molar-refractivity contribution in [2.75, 3.05) is 0 Å². The molecule has 0 spiro atoms. The van der Waals surface area contributed by atoms with Crippen LogP contribution in [0.4, 0.5) is 0 Å². The Kier molecular flexibility index (Phi) is 3.88. The molecule has 0 aromatic carbocycles. The van der Waals surface area contributed by atoms with Crippen molar-refractivity contribution < 1.29 is 14.7 Å². The Hall–Kier alpha value is -1.85. The first-order valence-corrected chi connectivity index (χ1v) is 5.43. The van der Waals surface area contributed by atoms with Crippen LogP contribution in [0.1, 0.15) is 37.2 Å². The average Bonchev–Trinajstić information content (AvgIpc) is 2.65. The topological polar surface area (TPSA) is 84.2 Å². The largest absolute Gasteiger partial charge is 0.480 e. The normalized spacial score (nSPS) is 14.1. The van der Waals surface area contributed by atoms with Gasteiger partial charge in [-0.2, -0.15) is 0 Å². The molecule has 1 rings (SSSR count). The van der Waals surface area contributed by atoms with E-state index < -0.39 is 17.4 Å². The van der Waals surface area contributed by atoms with Crippen molar-refractivity contribution in [3.63, 3.8) is 0 Å². The van der Waals surface area contributed by atoms with Crippen LogP contribution in [0, 0.1) is 0 Å². The molecule has 0 bridgehead atoms. The molecule has 0 aliphatic heterocycles. The summed E-state index contributed by atoms with van der Waals surface area (Å²) in [5.74, 6) is -1.51. The maximum atomic E-state index is 11.8. The van der Waals surface area contributed by atoms with E-state index in [-0.39, 0.29) is 5.69 Å². The lowest BCUT2D eigenvalue weighted by atomic mass is 9.96. The van der Waals surface area contributed by atoms with Crippen LogP contribution in [0.25, 0.3) is 0 Å². The summed E-state index contributed by atoms with van der Waals surface area (Å²) in [6.07, 6.45) is 4.09. The van der Waals surface area contributed by atoms with E-state index in [1.807, 2.05) is 6.92 Å². The predicted molar refractivity (Wildman–Crippen MR) is 61.6 cm³/mol. The molecule has 2 N–H and O–H groups in total. The SMILES string of the molecule is CCCC(C)(NC(=O)c1cn(C)cn1)C(=O)O. The Morgan fingerprint density at radius 3 is 2.65 bits per heavy atom. The number of hydrogen-bond donors (Lipinski definition) is 2. The maximum absolute atomic E-state index is 11.8. The first kappa shape index (κ1) is 13.2. The van der Waals surface area contributed by atoms with Gasteiger partial charge in [-0.05, 0) is 13.3 Å². The number of aryl methyl sites for hydroxylation is 1. The quantitative estimate of drug-likeness (QED) is 0.795. The molecule has 94 valence electrons. The zero-order valence-electron chi connectivity index (χ0n) is 10.2. The number of carbonyl (C=O) groups is 2. The molecule has 0 saturated carbocycles. The van der Waals surface area contributed by atoms with Gasteiger partial charge < -0.3 is 15.0 Å². The first-order chi connectivity index (χ1) is 7.89. The summed E-state index contributed by atoms with van der Waals surface area (Å²) in [5.41, 5.74) is -1.03. The molecule has 0 aliphatic rings. The van der Waals surface area contributed by atoms with Crippen LogP contribution in [0.2, 0.25) is 0 Å². The van der Waals surface area contributed by atoms with Gasteiger partial charge in [0, 0.05) is 13.2 Å². The van der Waals surface area contributed by atoms with Gasteiger partial charge in [-0.25, -0.2) is 9.78 Å². The van der Waals surface area contributed by atoms with E-state index in [0.29, 0.717) is 12.8 Å². The van der Waals surface area contributed by atoms with Crippen LogP contribution < -0.4 is 5.32 Å². The average molecular weight is 239 g/mol. The Labute approximate surface area is 99.7 Å². The van der Waals surface area contributed by atoms with E-state index in [2.05, 4.69) is 10.3 Å². The van der Waals surface area contributed by atoms with E-state index in [0.717, 1.165) is 0 Å². The number of nitrogens with zero attached hydrogens (tertiary/aromatic N) is 2. The maximum Gasteiger partial charge on any atom is 0.329 e. The summed E-state index contributed by atoms with van der Waals surface area (Å²) < 4.78 is 1.63. The molecule has 6 heteroatoms. The van der Waals surface area contributed by atoms with Crippen molar-refractivity contribution in [2.45, 2.75) is 32.2 Å². The third-order valence-corrected chi connectivity index (χ3v) is 2.55. The molecule has 0 radical (unpaired) electrons. The van der Waals surface area contributed by atoms with Gasteiger partial charge in [0.05, 0.1) is 6.33 Å². The van der Waals surface area contributed by atoms with E-state index in [9.17, 15) is 9.59 Å². The van der Waals surface area contributed by atoms with Crippen LogP contribution in [0.3, 0.4) is 0 Å². The third-order valence-electron chi connectivity index (χ3n) is 2.55. The molecular weight excluding hydrogens is 222 g/mol. The number of nitrogens with one attached hydrogen (secondary N) is 1. The standard InChI is InChI=1S/C11H17N3O3/c1-4-5-11(2,10(16)17)13-9(15)8-6-14(3)7-12-8/h6-7H,4-5H2,1-3H3,(H,13,15)(H,16,17). The van der Waals surface area contributed by atoms with Gasteiger partial charge in [-0.1, -0.05) is 13.3 Å². The highest BCUT2D eigenvalue weighted by molar-refractivity contribution is 5.96. The predicted octanol–water partition coefficient (Wildman–Crippen LogP) is 0.793. The van der Waals surface area contributed by atoms with Gasteiger partial charge in [0.2, 0.25) is 0 Å². The fraction of sp³-hybridized carbons (Fsp3) is 0.545. The fourth-order valence-corrected chi connectivity index (χ4v) is 1.57. The summed E-state index contributed by atoms with van der Waals surface area (Å²) in [4.78, 5) is 26.8. The lowest BCUT2D eigenvalue weighted by Crippen LogP contribution is -2.52. The number of carboxylic acid groups (broad SMARTS) is 1. The molecular formula is C11H17N3O3. The van der Waals surface area contributed by atoms with Crippen molar-refractivity contribution in [1.29, 1.82) is 0 Å².